The molecule has 1 amide bonds. The van der Waals surface area contributed by atoms with E-state index < -0.39 is 11.6 Å². The van der Waals surface area contributed by atoms with Gasteiger partial charge in [0.1, 0.15) is 5.60 Å². The van der Waals surface area contributed by atoms with Gasteiger partial charge in [0.25, 0.3) is 0 Å². The Morgan fingerprint density at radius 1 is 1.15 bits per heavy atom. The minimum atomic E-state index is -0.671. The summed E-state index contributed by atoms with van der Waals surface area (Å²) in [5.41, 5.74) is -0.509. The number of carboxylic acid groups (broad SMARTS) is 1. The maximum absolute atomic E-state index is 12.3. The van der Waals surface area contributed by atoms with E-state index >= 15 is 0 Å². The van der Waals surface area contributed by atoms with Gasteiger partial charge in [-0.3, -0.25) is 4.79 Å². The van der Waals surface area contributed by atoms with Gasteiger partial charge in [-0.1, -0.05) is 0 Å². The van der Waals surface area contributed by atoms with E-state index in [-0.39, 0.29) is 29.5 Å². The molecule has 0 aromatic heterocycles. The van der Waals surface area contributed by atoms with E-state index in [0.717, 1.165) is 32.1 Å². The number of carbonyl (C=O) groups is 2. The predicted octanol–water partition coefficient (Wildman–Crippen LogP) is 2.64. The molecule has 0 radical (unpaired) electrons. The van der Waals surface area contributed by atoms with Crippen LogP contribution in [0.1, 0.15) is 52.9 Å². The van der Waals surface area contributed by atoms with Gasteiger partial charge in [-0.25, -0.2) is 4.79 Å². The molecule has 0 aromatic carbocycles. The molecule has 0 unspecified atom stereocenters. The molecule has 112 valence electrons. The number of piperidine rings is 1. The largest absolute Gasteiger partial charge is 0.481 e. The Hall–Kier alpha value is -1.26. The quantitative estimate of drug-likeness (QED) is 0.802. The number of carbonyl (C=O) groups excluding carboxylic acids is 1. The maximum atomic E-state index is 12.3. The second-order valence-electron chi connectivity index (χ2n) is 7.64. The van der Waals surface area contributed by atoms with E-state index in [1.165, 1.54) is 0 Å². The van der Waals surface area contributed by atoms with Gasteiger partial charge in [0.05, 0.1) is 5.92 Å². The molecule has 1 saturated carbocycles. The zero-order valence-corrected chi connectivity index (χ0v) is 12.4. The third kappa shape index (κ3) is 2.17. The molecule has 1 aliphatic carbocycles. The highest BCUT2D eigenvalue weighted by atomic mass is 16.6. The molecular weight excluding hydrogens is 258 g/mol. The maximum Gasteiger partial charge on any atom is 0.410 e. The summed E-state index contributed by atoms with van der Waals surface area (Å²) in [6.45, 7) is 5.62. The van der Waals surface area contributed by atoms with Crippen molar-refractivity contribution in [3.05, 3.63) is 0 Å². The second-order valence-corrected chi connectivity index (χ2v) is 7.64. The first-order valence-corrected chi connectivity index (χ1v) is 7.46. The summed E-state index contributed by atoms with van der Waals surface area (Å²) >= 11 is 0. The molecule has 1 N–H and O–H groups in total. The Morgan fingerprint density at radius 3 is 2.10 bits per heavy atom. The normalized spacial score (nSPS) is 39.0. The van der Waals surface area contributed by atoms with Crippen LogP contribution in [0, 0.1) is 11.3 Å². The fraction of sp³-hybridized carbons (Fsp3) is 0.867. The standard InChI is InChI=1S/C15H23NO4/c1-14(2,3)20-13(19)16-9-4-5-10(16)7-15(6-9)8-11(15)12(17)18/h9-11H,4-8H2,1-3H3,(H,17,18)/t9-,10-,11-/m0/s1. The molecule has 1 spiro atoms. The average molecular weight is 281 g/mol. The topological polar surface area (TPSA) is 66.8 Å². The number of hydrogen-bond donors (Lipinski definition) is 1. The summed E-state index contributed by atoms with van der Waals surface area (Å²) in [6, 6.07) is 0.348. The van der Waals surface area contributed by atoms with Gasteiger partial charge in [0.15, 0.2) is 0 Å². The monoisotopic (exact) mass is 281 g/mol. The molecule has 3 rings (SSSR count). The van der Waals surface area contributed by atoms with Crippen LogP contribution in [0.5, 0.6) is 0 Å². The second kappa shape index (κ2) is 4.12. The lowest BCUT2D eigenvalue weighted by Gasteiger charge is -2.40. The summed E-state index contributed by atoms with van der Waals surface area (Å²) in [5, 5.41) is 9.19. The zero-order valence-electron chi connectivity index (χ0n) is 12.4. The molecule has 0 aromatic rings. The number of fused-ring (bicyclic) bond motifs is 2. The number of amides is 1. The molecule has 2 aliphatic heterocycles. The van der Waals surface area contributed by atoms with Gasteiger partial charge in [-0.15, -0.1) is 0 Å². The number of hydrogen-bond acceptors (Lipinski definition) is 3. The Bertz CT molecular complexity index is 439. The smallest absolute Gasteiger partial charge is 0.410 e. The van der Waals surface area contributed by atoms with Gasteiger partial charge < -0.3 is 14.7 Å². The highest BCUT2D eigenvalue weighted by Gasteiger charge is 2.64. The molecule has 20 heavy (non-hydrogen) atoms. The molecule has 5 heteroatoms. The zero-order chi connectivity index (χ0) is 14.7. The summed E-state index contributed by atoms with van der Waals surface area (Å²) < 4.78 is 5.49. The molecule has 2 bridgehead atoms. The van der Waals surface area contributed by atoms with Crippen LogP contribution in [0.2, 0.25) is 0 Å². The SMILES string of the molecule is CC(C)(C)OC(=O)N1[C@H]2CC[C@H]1CC1(C2)C[C@H]1C(=O)O. The molecule has 3 atom stereocenters. The van der Waals surface area contributed by atoms with Crippen molar-refractivity contribution in [2.24, 2.45) is 11.3 Å². The van der Waals surface area contributed by atoms with Crippen LogP contribution in [0.3, 0.4) is 0 Å². The molecule has 2 saturated heterocycles. The number of carboxylic acids is 1. The van der Waals surface area contributed by atoms with E-state index in [2.05, 4.69) is 0 Å². The van der Waals surface area contributed by atoms with Crippen LogP contribution >= 0.6 is 0 Å². The molecule has 5 nitrogen and oxygen atoms in total. The lowest BCUT2D eigenvalue weighted by atomic mass is 9.85. The highest BCUT2D eigenvalue weighted by Crippen LogP contribution is 2.64. The van der Waals surface area contributed by atoms with Crippen molar-refractivity contribution in [1.82, 2.24) is 4.90 Å². The van der Waals surface area contributed by atoms with Crippen LogP contribution in [0.15, 0.2) is 0 Å². The van der Waals surface area contributed by atoms with Crippen molar-refractivity contribution in [3.63, 3.8) is 0 Å². The third-order valence-electron chi connectivity index (χ3n) is 5.00. The average Bonchev–Trinajstić information content (AvgIpc) is 2.89. The Kier molecular flexibility index (Phi) is 2.82. The molecule has 3 aliphatic rings. The minimum absolute atomic E-state index is 0.0316. The van der Waals surface area contributed by atoms with Crippen LogP contribution in [0.4, 0.5) is 4.79 Å². The van der Waals surface area contributed by atoms with Crippen molar-refractivity contribution in [2.75, 3.05) is 0 Å². The minimum Gasteiger partial charge on any atom is -0.481 e. The molecular formula is C15H23NO4. The fourth-order valence-electron chi connectivity index (χ4n) is 4.14. The van der Waals surface area contributed by atoms with Crippen molar-refractivity contribution >= 4 is 12.1 Å². The van der Waals surface area contributed by atoms with Crippen molar-refractivity contribution in [3.8, 4) is 0 Å². The summed E-state index contributed by atoms with van der Waals surface area (Å²) in [5.74, 6) is -0.860. The number of nitrogens with zero attached hydrogens (tertiary/aromatic N) is 1. The Balaban J connectivity index is 1.70. The lowest BCUT2D eigenvalue weighted by molar-refractivity contribution is -0.139. The van der Waals surface area contributed by atoms with Gasteiger partial charge in [-0.05, 0) is 58.3 Å². The fourth-order valence-corrected chi connectivity index (χ4v) is 4.14. The first-order chi connectivity index (χ1) is 9.22. The van der Waals surface area contributed by atoms with Crippen LogP contribution in [-0.4, -0.2) is 39.8 Å². The van der Waals surface area contributed by atoms with E-state index in [1.54, 1.807) is 0 Å². The van der Waals surface area contributed by atoms with Crippen molar-refractivity contribution in [2.45, 2.75) is 70.6 Å². The van der Waals surface area contributed by atoms with E-state index in [4.69, 9.17) is 4.74 Å². The predicted molar refractivity (Wildman–Crippen MR) is 72.3 cm³/mol. The van der Waals surface area contributed by atoms with E-state index in [1.807, 2.05) is 25.7 Å². The van der Waals surface area contributed by atoms with Gasteiger partial charge in [0, 0.05) is 12.1 Å². The van der Waals surface area contributed by atoms with Gasteiger partial charge in [0.2, 0.25) is 0 Å². The third-order valence-corrected chi connectivity index (χ3v) is 5.00. The van der Waals surface area contributed by atoms with Crippen molar-refractivity contribution in [1.29, 1.82) is 0 Å². The molecule has 3 fully saturated rings. The highest BCUT2D eigenvalue weighted by molar-refractivity contribution is 5.75. The number of ether oxygens (including phenoxy) is 1. The Labute approximate surface area is 119 Å². The van der Waals surface area contributed by atoms with Crippen LogP contribution in [-0.2, 0) is 9.53 Å². The summed E-state index contributed by atoms with van der Waals surface area (Å²) in [4.78, 5) is 25.4. The van der Waals surface area contributed by atoms with Crippen LogP contribution < -0.4 is 0 Å². The summed E-state index contributed by atoms with van der Waals surface area (Å²) in [7, 11) is 0. The van der Waals surface area contributed by atoms with Crippen molar-refractivity contribution < 1.29 is 19.4 Å². The summed E-state index contributed by atoms with van der Waals surface area (Å²) in [6.07, 6.45) is 4.19. The number of rotatable bonds is 1. The van der Waals surface area contributed by atoms with Gasteiger partial charge >= 0.3 is 12.1 Å². The van der Waals surface area contributed by atoms with E-state index in [9.17, 15) is 14.7 Å². The first-order valence-electron chi connectivity index (χ1n) is 7.46. The Morgan fingerprint density at radius 2 is 1.70 bits per heavy atom. The first kappa shape index (κ1) is 13.7. The van der Waals surface area contributed by atoms with E-state index in [0.29, 0.717) is 0 Å². The number of aliphatic carboxylic acids is 1. The van der Waals surface area contributed by atoms with Gasteiger partial charge in [-0.2, -0.15) is 0 Å². The van der Waals surface area contributed by atoms with Crippen LogP contribution in [0.25, 0.3) is 0 Å². The lowest BCUT2D eigenvalue weighted by Crippen LogP contribution is -2.49. The molecule has 2 heterocycles.